The van der Waals surface area contributed by atoms with E-state index in [1.54, 1.807) is 19.1 Å². The molecule has 6 nitrogen and oxygen atoms in total. The van der Waals surface area contributed by atoms with E-state index in [0.717, 1.165) is 28.1 Å². The Hall–Kier alpha value is -2.86. The van der Waals surface area contributed by atoms with Gasteiger partial charge in [-0.1, -0.05) is 30.3 Å². The van der Waals surface area contributed by atoms with E-state index in [2.05, 4.69) is 10.6 Å². The van der Waals surface area contributed by atoms with Crippen molar-refractivity contribution in [2.75, 3.05) is 32.6 Å². The number of methoxy groups -OCH3 is 1. The van der Waals surface area contributed by atoms with Crippen LogP contribution in [0.5, 0.6) is 5.75 Å². The summed E-state index contributed by atoms with van der Waals surface area (Å²) in [6.07, 6.45) is 0. The second-order valence-electron chi connectivity index (χ2n) is 6.61. The molecule has 0 saturated carbocycles. The number of para-hydroxylation sites is 1. The zero-order chi connectivity index (χ0) is 19.8. The summed E-state index contributed by atoms with van der Waals surface area (Å²) in [5.74, 6) is 0.505. The number of amides is 2. The van der Waals surface area contributed by atoms with Crippen LogP contribution in [0.1, 0.15) is 16.7 Å². The van der Waals surface area contributed by atoms with Crippen LogP contribution in [0.15, 0.2) is 42.5 Å². The Morgan fingerprint density at radius 1 is 0.963 bits per heavy atom. The average molecular weight is 369 g/mol. The Morgan fingerprint density at radius 3 is 2.15 bits per heavy atom. The molecule has 2 amide bonds. The lowest BCUT2D eigenvalue weighted by Crippen LogP contribution is -2.38. The molecule has 2 aromatic rings. The highest BCUT2D eigenvalue weighted by Crippen LogP contribution is 2.19. The first-order valence-corrected chi connectivity index (χ1v) is 8.83. The lowest BCUT2D eigenvalue weighted by atomic mass is 10.1. The summed E-state index contributed by atoms with van der Waals surface area (Å²) >= 11 is 0. The Labute approximate surface area is 160 Å². The zero-order valence-electron chi connectivity index (χ0n) is 16.3. The number of nitrogens with one attached hydrogen (secondary N) is 2. The summed E-state index contributed by atoms with van der Waals surface area (Å²) < 4.78 is 5.11. The number of carbonyl (C=O) groups excluding carboxylic acids is 2. The van der Waals surface area contributed by atoms with E-state index in [1.807, 2.05) is 56.3 Å². The summed E-state index contributed by atoms with van der Waals surface area (Å²) in [4.78, 5) is 26.0. The molecule has 0 aliphatic rings. The predicted octanol–water partition coefficient (Wildman–Crippen LogP) is 2.50. The van der Waals surface area contributed by atoms with Gasteiger partial charge in [0.15, 0.2) is 0 Å². The van der Waals surface area contributed by atoms with Crippen LogP contribution in [-0.4, -0.2) is 44.0 Å². The van der Waals surface area contributed by atoms with E-state index in [-0.39, 0.29) is 24.9 Å². The van der Waals surface area contributed by atoms with E-state index in [4.69, 9.17) is 4.74 Å². The second kappa shape index (κ2) is 9.73. The van der Waals surface area contributed by atoms with Gasteiger partial charge < -0.3 is 15.4 Å². The average Bonchev–Trinajstić information content (AvgIpc) is 2.63. The van der Waals surface area contributed by atoms with Gasteiger partial charge in [0.2, 0.25) is 11.8 Å². The molecule has 6 heteroatoms. The van der Waals surface area contributed by atoms with Gasteiger partial charge in [-0.05, 0) is 49.7 Å². The number of anilines is 1. The highest BCUT2D eigenvalue weighted by Gasteiger charge is 2.12. The smallest absolute Gasteiger partial charge is 0.238 e. The molecule has 144 valence electrons. The van der Waals surface area contributed by atoms with Gasteiger partial charge in [0.1, 0.15) is 5.75 Å². The number of hydrogen-bond donors (Lipinski definition) is 2. The van der Waals surface area contributed by atoms with Gasteiger partial charge in [-0.25, -0.2) is 0 Å². The van der Waals surface area contributed by atoms with Gasteiger partial charge in [0.05, 0.1) is 20.2 Å². The maximum atomic E-state index is 12.3. The van der Waals surface area contributed by atoms with Crippen LogP contribution in [-0.2, 0) is 16.1 Å². The van der Waals surface area contributed by atoms with Crippen molar-refractivity contribution >= 4 is 17.5 Å². The van der Waals surface area contributed by atoms with Crippen molar-refractivity contribution in [1.82, 2.24) is 10.2 Å². The van der Waals surface area contributed by atoms with Crippen molar-refractivity contribution < 1.29 is 14.3 Å². The standard InChI is InChI=1S/C21H27N3O3/c1-15-6-5-7-16(2)21(15)23-20(26)14-24(3)13-19(25)22-12-17-8-10-18(27-4)11-9-17/h5-11H,12-14H2,1-4H3,(H,22,25)(H,23,26). The van der Waals surface area contributed by atoms with Crippen LogP contribution >= 0.6 is 0 Å². The normalized spacial score (nSPS) is 10.6. The van der Waals surface area contributed by atoms with E-state index in [9.17, 15) is 9.59 Å². The number of aryl methyl sites for hydroxylation is 2. The molecule has 0 saturated heterocycles. The molecule has 0 radical (unpaired) electrons. The second-order valence-corrected chi connectivity index (χ2v) is 6.61. The summed E-state index contributed by atoms with van der Waals surface area (Å²) in [6, 6.07) is 13.4. The zero-order valence-corrected chi connectivity index (χ0v) is 16.3. The Balaban J connectivity index is 1.77. The molecule has 2 N–H and O–H groups in total. The largest absolute Gasteiger partial charge is 0.497 e. The molecule has 0 fully saturated rings. The fourth-order valence-electron chi connectivity index (χ4n) is 2.74. The van der Waals surface area contributed by atoms with Gasteiger partial charge in [0, 0.05) is 12.2 Å². The third kappa shape index (κ3) is 6.42. The minimum absolute atomic E-state index is 0.131. The monoisotopic (exact) mass is 369 g/mol. The number of ether oxygens (including phenoxy) is 1. The summed E-state index contributed by atoms with van der Waals surface area (Å²) in [7, 11) is 3.36. The van der Waals surface area contributed by atoms with Crippen LogP contribution in [0.2, 0.25) is 0 Å². The van der Waals surface area contributed by atoms with Crippen LogP contribution in [0.25, 0.3) is 0 Å². The third-order valence-corrected chi connectivity index (χ3v) is 4.22. The lowest BCUT2D eigenvalue weighted by Gasteiger charge is -2.17. The van der Waals surface area contributed by atoms with Crippen molar-refractivity contribution in [2.24, 2.45) is 0 Å². The molecule has 0 aliphatic carbocycles. The van der Waals surface area contributed by atoms with Crippen LogP contribution in [0.4, 0.5) is 5.69 Å². The Bertz CT molecular complexity index is 768. The number of carbonyl (C=O) groups is 2. The van der Waals surface area contributed by atoms with Gasteiger partial charge in [-0.3, -0.25) is 14.5 Å². The van der Waals surface area contributed by atoms with Gasteiger partial charge in [-0.15, -0.1) is 0 Å². The number of rotatable bonds is 8. The van der Waals surface area contributed by atoms with Crippen LogP contribution in [0.3, 0.4) is 0 Å². The summed E-state index contributed by atoms with van der Waals surface area (Å²) in [6.45, 7) is 4.64. The van der Waals surface area contributed by atoms with Gasteiger partial charge in [0.25, 0.3) is 0 Å². The van der Waals surface area contributed by atoms with Crippen molar-refractivity contribution in [3.05, 3.63) is 59.2 Å². The van der Waals surface area contributed by atoms with E-state index in [0.29, 0.717) is 6.54 Å². The van der Waals surface area contributed by atoms with Gasteiger partial charge >= 0.3 is 0 Å². The number of nitrogens with zero attached hydrogens (tertiary/aromatic N) is 1. The SMILES string of the molecule is COc1ccc(CNC(=O)CN(C)CC(=O)Nc2c(C)cccc2C)cc1. The van der Waals surface area contributed by atoms with Crippen molar-refractivity contribution in [1.29, 1.82) is 0 Å². The maximum Gasteiger partial charge on any atom is 0.238 e. The van der Waals surface area contributed by atoms with Crippen LogP contribution < -0.4 is 15.4 Å². The van der Waals surface area contributed by atoms with E-state index >= 15 is 0 Å². The molecule has 0 spiro atoms. The topological polar surface area (TPSA) is 70.7 Å². The molecule has 0 heterocycles. The van der Waals surface area contributed by atoms with E-state index < -0.39 is 0 Å². The van der Waals surface area contributed by atoms with Crippen molar-refractivity contribution in [3.8, 4) is 5.75 Å². The third-order valence-electron chi connectivity index (χ3n) is 4.22. The maximum absolute atomic E-state index is 12.3. The fraction of sp³-hybridized carbons (Fsp3) is 0.333. The number of hydrogen-bond acceptors (Lipinski definition) is 4. The molecule has 2 rings (SSSR count). The molecule has 0 unspecified atom stereocenters. The minimum Gasteiger partial charge on any atom is -0.497 e. The molecular weight excluding hydrogens is 342 g/mol. The first kappa shape index (κ1) is 20.5. The summed E-state index contributed by atoms with van der Waals surface area (Å²) in [5, 5.41) is 5.78. The number of likely N-dealkylation sites (N-methyl/N-ethyl adjacent to an activating group) is 1. The fourth-order valence-corrected chi connectivity index (χ4v) is 2.74. The van der Waals surface area contributed by atoms with E-state index in [1.165, 1.54) is 0 Å². The van der Waals surface area contributed by atoms with Crippen LogP contribution in [0, 0.1) is 13.8 Å². The first-order valence-electron chi connectivity index (χ1n) is 8.83. The highest BCUT2D eigenvalue weighted by molar-refractivity contribution is 5.94. The molecular formula is C21H27N3O3. The number of benzene rings is 2. The van der Waals surface area contributed by atoms with Crippen molar-refractivity contribution in [2.45, 2.75) is 20.4 Å². The quantitative estimate of drug-likeness (QED) is 0.750. The minimum atomic E-state index is -0.141. The Morgan fingerprint density at radius 2 is 1.56 bits per heavy atom. The molecule has 0 bridgehead atoms. The highest BCUT2D eigenvalue weighted by atomic mass is 16.5. The summed E-state index contributed by atoms with van der Waals surface area (Å²) in [5.41, 5.74) is 3.85. The molecule has 0 aliphatic heterocycles. The molecule has 27 heavy (non-hydrogen) atoms. The molecule has 0 atom stereocenters. The Kier molecular flexibility index (Phi) is 7.37. The van der Waals surface area contributed by atoms with Gasteiger partial charge in [-0.2, -0.15) is 0 Å². The molecule has 0 aromatic heterocycles. The first-order chi connectivity index (χ1) is 12.9. The van der Waals surface area contributed by atoms with Crippen molar-refractivity contribution in [3.63, 3.8) is 0 Å². The molecule has 2 aromatic carbocycles. The predicted molar refractivity (Wildman–Crippen MR) is 107 cm³/mol. The lowest BCUT2D eigenvalue weighted by molar-refractivity contribution is -0.123.